The van der Waals surface area contributed by atoms with Crippen molar-refractivity contribution in [2.45, 2.75) is 112 Å². The third-order valence-corrected chi connectivity index (χ3v) is 13.6. The molecular formula is C42H55NO5. The zero-order chi connectivity index (χ0) is 34.5. The van der Waals surface area contributed by atoms with Gasteiger partial charge in [0.15, 0.2) is 0 Å². The summed E-state index contributed by atoms with van der Waals surface area (Å²) in [5.41, 5.74) is 4.96. The van der Waals surface area contributed by atoms with Crippen molar-refractivity contribution in [2.75, 3.05) is 7.05 Å². The Labute approximate surface area is 287 Å². The van der Waals surface area contributed by atoms with Crippen molar-refractivity contribution in [1.82, 2.24) is 4.90 Å². The highest BCUT2D eigenvalue weighted by Crippen LogP contribution is 2.66. The van der Waals surface area contributed by atoms with Crippen LogP contribution in [0.15, 0.2) is 36.4 Å². The highest BCUT2D eigenvalue weighted by Gasteiger charge is 2.66. The number of amides is 1. The van der Waals surface area contributed by atoms with Gasteiger partial charge in [-0.2, -0.15) is 0 Å². The third-order valence-electron chi connectivity index (χ3n) is 13.6. The van der Waals surface area contributed by atoms with Crippen LogP contribution in [0.5, 0.6) is 5.75 Å². The second-order valence-electron chi connectivity index (χ2n) is 16.5. The fourth-order valence-corrected chi connectivity index (χ4v) is 10.7. The van der Waals surface area contributed by atoms with E-state index in [9.17, 15) is 19.2 Å². The normalized spacial score (nSPS) is 31.9. The average Bonchev–Trinajstić information content (AvgIpc) is 3.40. The van der Waals surface area contributed by atoms with Crippen LogP contribution in [0.3, 0.4) is 0 Å². The second kappa shape index (κ2) is 13.2. The van der Waals surface area contributed by atoms with Crippen molar-refractivity contribution in [1.29, 1.82) is 0 Å². The van der Waals surface area contributed by atoms with Gasteiger partial charge in [-0.15, -0.1) is 0 Å². The van der Waals surface area contributed by atoms with E-state index in [0.717, 1.165) is 53.7 Å². The summed E-state index contributed by atoms with van der Waals surface area (Å²) < 4.78 is 6.20. The molecule has 0 aliphatic heterocycles. The topological polar surface area (TPSA) is 80.8 Å². The molecule has 2 aromatic carbocycles. The number of nitrogens with zero attached hydrogens (tertiary/aromatic N) is 1. The van der Waals surface area contributed by atoms with Gasteiger partial charge in [-0.25, -0.2) is 0 Å². The molecule has 4 fully saturated rings. The number of Topliss-reactive ketones (excluding diaryl/α,β-unsaturated/α-hetero) is 3. The number of ketones is 3. The lowest BCUT2D eigenvalue weighted by molar-refractivity contribution is -0.166. The van der Waals surface area contributed by atoms with Gasteiger partial charge in [0.25, 0.3) is 0 Å². The maximum Gasteiger partial charge on any atom is 0.222 e. The minimum atomic E-state index is -0.517. The van der Waals surface area contributed by atoms with E-state index in [0.29, 0.717) is 56.8 Å². The first-order valence-electron chi connectivity index (χ1n) is 18.3. The lowest BCUT2D eigenvalue weighted by atomic mass is 9.44. The summed E-state index contributed by atoms with van der Waals surface area (Å²) in [7, 11) is 1.87. The van der Waals surface area contributed by atoms with Crippen molar-refractivity contribution >= 4 is 23.3 Å². The predicted molar refractivity (Wildman–Crippen MR) is 187 cm³/mol. The number of hydrogen-bond acceptors (Lipinski definition) is 5. The van der Waals surface area contributed by atoms with Gasteiger partial charge in [0.2, 0.25) is 5.91 Å². The molecule has 1 unspecified atom stereocenters. The molecule has 0 radical (unpaired) electrons. The van der Waals surface area contributed by atoms with Gasteiger partial charge < -0.3 is 9.64 Å². The van der Waals surface area contributed by atoms with E-state index in [1.165, 1.54) is 5.56 Å². The molecule has 0 bridgehead atoms. The summed E-state index contributed by atoms with van der Waals surface area (Å²) in [6, 6.07) is 12.6. The Morgan fingerprint density at radius 3 is 2.31 bits per heavy atom. The monoisotopic (exact) mass is 653 g/mol. The van der Waals surface area contributed by atoms with E-state index >= 15 is 0 Å². The van der Waals surface area contributed by atoms with E-state index in [-0.39, 0.29) is 52.6 Å². The van der Waals surface area contributed by atoms with Crippen LogP contribution >= 0.6 is 0 Å². The van der Waals surface area contributed by atoms with Gasteiger partial charge in [0.05, 0.1) is 0 Å². The molecule has 4 saturated carbocycles. The average molecular weight is 654 g/mol. The standard InChI is InChI=1S/C42H55NO5/c1-25-8-11-29(12-9-25)24-48-40-27(3)18-30(19-28(40)4)23-43(7)38(47)15-10-26(2)33-13-14-34-39-35(22-37(46)42(33,34)6)41(5)17-16-32(44)20-31(41)21-36(39)45/h8-9,11-12,18-19,26,31,33-35,39H,10,13-17,20-24H2,1-7H3/t26-,31+,33?,34+,35+,39+,41+,42-/m1/s1. The Morgan fingerprint density at radius 2 is 1.62 bits per heavy atom. The minimum absolute atomic E-state index is 0.0628. The van der Waals surface area contributed by atoms with Gasteiger partial charge in [0.1, 0.15) is 29.7 Å². The SMILES string of the molecule is Cc1ccc(COc2c(C)cc(CN(C)C(=O)CC[C@@H](C)C3CC[C@H]4[C@@H]5C(=O)C[C@@H]6CC(=O)CC[C@]6(C)[C@H]5CC(=O)[C@]34C)cc2C)cc1. The molecule has 6 nitrogen and oxygen atoms in total. The fraction of sp³-hybridized carbons (Fsp3) is 0.619. The van der Waals surface area contributed by atoms with Gasteiger partial charge in [0, 0.05) is 57.0 Å². The molecule has 0 saturated heterocycles. The largest absolute Gasteiger partial charge is 0.488 e. The molecule has 4 aliphatic rings. The molecule has 6 rings (SSSR count). The van der Waals surface area contributed by atoms with Crippen LogP contribution in [-0.2, 0) is 32.3 Å². The minimum Gasteiger partial charge on any atom is -0.488 e. The number of rotatable bonds is 9. The van der Waals surface area contributed by atoms with Gasteiger partial charge in [-0.3, -0.25) is 19.2 Å². The Morgan fingerprint density at radius 1 is 0.938 bits per heavy atom. The molecule has 1 amide bonds. The van der Waals surface area contributed by atoms with Crippen molar-refractivity contribution in [3.8, 4) is 5.75 Å². The van der Waals surface area contributed by atoms with E-state index in [2.05, 4.69) is 77.9 Å². The smallest absolute Gasteiger partial charge is 0.222 e. The number of aryl methyl sites for hydroxylation is 3. The summed E-state index contributed by atoms with van der Waals surface area (Å²) in [4.78, 5) is 55.4. The molecule has 0 aromatic heterocycles. The van der Waals surface area contributed by atoms with E-state index in [4.69, 9.17) is 4.74 Å². The van der Waals surface area contributed by atoms with Crippen LogP contribution in [0.4, 0.5) is 0 Å². The van der Waals surface area contributed by atoms with Crippen LogP contribution < -0.4 is 4.74 Å². The number of carbonyl (C=O) groups is 4. The quantitative estimate of drug-likeness (QED) is 0.273. The van der Waals surface area contributed by atoms with Crippen LogP contribution in [0, 0.1) is 67.1 Å². The Balaban J connectivity index is 1.06. The summed E-state index contributed by atoms with van der Waals surface area (Å²) in [6.07, 6.45) is 5.85. The molecule has 0 heterocycles. The van der Waals surface area contributed by atoms with Crippen LogP contribution in [0.25, 0.3) is 0 Å². The van der Waals surface area contributed by atoms with Crippen molar-refractivity contribution in [3.05, 3.63) is 64.2 Å². The fourth-order valence-electron chi connectivity index (χ4n) is 10.7. The third kappa shape index (κ3) is 6.18. The number of hydrogen-bond donors (Lipinski definition) is 0. The first-order chi connectivity index (χ1) is 22.7. The first kappa shape index (κ1) is 34.6. The maximum absolute atomic E-state index is 14.1. The maximum atomic E-state index is 14.1. The van der Waals surface area contributed by atoms with Gasteiger partial charge in [-0.05, 0) is 104 Å². The number of ether oxygens (including phenoxy) is 1. The summed E-state index contributed by atoms with van der Waals surface area (Å²) in [6.45, 7) is 13.9. The lowest BCUT2D eigenvalue weighted by Crippen LogP contribution is -2.60. The zero-order valence-electron chi connectivity index (χ0n) is 30.2. The van der Waals surface area contributed by atoms with Crippen molar-refractivity contribution in [2.24, 2.45) is 46.3 Å². The predicted octanol–water partition coefficient (Wildman–Crippen LogP) is 8.15. The van der Waals surface area contributed by atoms with E-state index < -0.39 is 5.41 Å². The molecule has 0 spiro atoms. The molecular weight excluding hydrogens is 598 g/mol. The molecule has 4 aliphatic carbocycles. The number of fused-ring (bicyclic) bond motifs is 5. The van der Waals surface area contributed by atoms with Gasteiger partial charge >= 0.3 is 0 Å². The molecule has 6 heteroatoms. The second-order valence-corrected chi connectivity index (χ2v) is 16.5. The van der Waals surface area contributed by atoms with Crippen molar-refractivity contribution < 1.29 is 23.9 Å². The zero-order valence-corrected chi connectivity index (χ0v) is 30.2. The molecule has 48 heavy (non-hydrogen) atoms. The summed E-state index contributed by atoms with van der Waals surface area (Å²) >= 11 is 0. The Hall–Kier alpha value is -3.28. The first-order valence-corrected chi connectivity index (χ1v) is 18.3. The Kier molecular flexibility index (Phi) is 9.52. The highest BCUT2D eigenvalue weighted by molar-refractivity contribution is 5.93. The molecule has 8 atom stereocenters. The van der Waals surface area contributed by atoms with E-state index in [1.807, 2.05) is 11.9 Å². The molecule has 258 valence electrons. The van der Waals surface area contributed by atoms with Crippen molar-refractivity contribution in [3.63, 3.8) is 0 Å². The van der Waals surface area contributed by atoms with Crippen LogP contribution in [-0.4, -0.2) is 35.2 Å². The highest BCUT2D eigenvalue weighted by atomic mass is 16.5. The lowest BCUT2D eigenvalue weighted by Gasteiger charge is -2.58. The van der Waals surface area contributed by atoms with Gasteiger partial charge in [-0.1, -0.05) is 62.7 Å². The Bertz CT molecular complexity index is 1570. The van der Waals surface area contributed by atoms with Crippen LogP contribution in [0.1, 0.15) is 106 Å². The number of carbonyl (C=O) groups excluding carboxylic acids is 4. The molecule has 0 N–H and O–H groups in total. The van der Waals surface area contributed by atoms with Crippen LogP contribution in [0.2, 0.25) is 0 Å². The summed E-state index contributed by atoms with van der Waals surface area (Å²) in [5.74, 6) is 2.43. The molecule has 2 aromatic rings. The summed E-state index contributed by atoms with van der Waals surface area (Å²) in [5, 5.41) is 0. The van der Waals surface area contributed by atoms with E-state index in [1.54, 1.807) is 0 Å². The number of benzene rings is 2.